The summed E-state index contributed by atoms with van der Waals surface area (Å²) in [6.07, 6.45) is 1.91. The van der Waals surface area contributed by atoms with Crippen molar-refractivity contribution in [3.63, 3.8) is 0 Å². The third-order valence-electron chi connectivity index (χ3n) is 3.98. The van der Waals surface area contributed by atoms with Crippen molar-refractivity contribution in [2.45, 2.75) is 19.4 Å². The van der Waals surface area contributed by atoms with Crippen LogP contribution in [0.2, 0.25) is 0 Å². The van der Waals surface area contributed by atoms with Crippen LogP contribution in [0.25, 0.3) is 0 Å². The van der Waals surface area contributed by atoms with Crippen LogP contribution >= 0.6 is 0 Å². The van der Waals surface area contributed by atoms with Crippen molar-refractivity contribution < 1.29 is 0 Å². The summed E-state index contributed by atoms with van der Waals surface area (Å²) in [5.74, 6) is 0. The van der Waals surface area contributed by atoms with Gasteiger partial charge in [0, 0.05) is 6.54 Å². The van der Waals surface area contributed by atoms with Crippen LogP contribution in [0.4, 0.5) is 0 Å². The Labute approximate surface area is 132 Å². The Morgan fingerprint density at radius 1 is 0.545 bits per heavy atom. The average molecular weight is 287 g/mol. The van der Waals surface area contributed by atoms with Gasteiger partial charge in [-0.3, -0.25) is 0 Å². The number of benzene rings is 3. The standard InChI is InChI=1S/C21H21N/c22-16-20-12-11-19(13-17-7-3-1-4-8-17)15-21(20)14-18-9-5-2-6-10-18/h1-12,15H,13-14,16,22H2. The summed E-state index contributed by atoms with van der Waals surface area (Å²) in [6.45, 7) is 0.591. The molecule has 0 saturated carbocycles. The molecule has 0 aromatic heterocycles. The maximum absolute atomic E-state index is 5.91. The minimum Gasteiger partial charge on any atom is -0.326 e. The summed E-state index contributed by atoms with van der Waals surface area (Å²) in [5, 5.41) is 0. The summed E-state index contributed by atoms with van der Waals surface area (Å²) >= 11 is 0. The van der Waals surface area contributed by atoms with E-state index in [1.807, 2.05) is 0 Å². The highest BCUT2D eigenvalue weighted by Gasteiger charge is 2.05. The second-order valence-electron chi connectivity index (χ2n) is 5.63. The fourth-order valence-electron chi connectivity index (χ4n) is 2.80. The average Bonchev–Trinajstić information content (AvgIpc) is 2.57. The first-order valence-electron chi connectivity index (χ1n) is 7.74. The van der Waals surface area contributed by atoms with E-state index in [9.17, 15) is 0 Å². The molecule has 0 fully saturated rings. The van der Waals surface area contributed by atoms with Crippen LogP contribution in [0.5, 0.6) is 0 Å². The molecule has 3 aromatic carbocycles. The maximum Gasteiger partial charge on any atom is 0.0180 e. The van der Waals surface area contributed by atoms with Crippen molar-refractivity contribution in [1.29, 1.82) is 0 Å². The van der Waals surface area contributed by atoms with E-state index in [0.717, 1.165) is 12.8 Å². The number of nitrogens with two attached hydrogens (primary N) is 1. The zero-order chi connectivity index (χ0) is 15.2. The highest BCUT2D eigenvalue weighted by atomic mass is 14.5. The molecule has 22 heavy (non-hydrogen) atoms. The van der Waals surface area contributed by atoms with Crippen molar-refractivity contribution in [1.82, 2.24) is 0 Å². The fraction of sp³-hybridized carbons (Fsp3) is 0.143. The topological polar surface area (TPSA) is 26.0 Å². The number of rotatable bonds is 5. The van der Waals surface area contributed by atoms with Crippen LogP contribution < -0.4 is 5.73 Å². The van der Waals surface area contributed by atoms with E-state index in [-0.39, 0.29) is 0 Å². The molecule has 0 heterocycles. The van der Waals surface area contributed by atoms with Crippen molar-refractivity contribution in [3.8, 4) is 0 Å². The molecule has 3 aromatic rings. The fourth-order valence-corrected chi connectivity index (χ4v) is 2.80. The van der Waals surface area contributed by atoms with Gasteiger partial charge in [0.1, 0.15) is 0 Å². The van der Waals surface area contributed by atoms with Gasteiger partial charge in [-0.25, -0.2) is 0 Å². The van der Waals surface area contributed by atoms with Crippen molar-refractivity contribution in [3.05, 3.63) is 107 Å². The zero-order valence-electron chi connectivity index (χ0n) is 12.7. The first-order chi connectivity index (χ1) is 10.8. The second-order valence-corrected chi connectivity index (χ2v) is 5.63. The van der Waals surface area contributed by atoms with E-state index < -0.39 is 0 Å². The van der Waals surface area contributed by atoms with Gasteiger partial charge in [0.05, 0.1) is 0 Å². The molecule has 0 saturated heterocycles. The molecule has 0 bridgehead atoms. The molecule has 0 atom stereocenters. The van der Waals surface area contributed by atoms with Crippen molar-refractivity contribution in [2.24, 2.45) is 5.73 Å². The van der Waals surface area contributed by atoms with Crippen molar-refractivity contribution >= 4 is 0 Å². The Balaban J connectivity index is 1.86. The van der Waals surface area contributed by atoms with E-state index in [4.69, 9.17) is 5.73 Å². The quantitative estimate of drug-likeness (QED) is 0.742. The van der Waals surface area contributed by atoms with Gasteiger partial charge in [0.25, 0.3) is 0 Å². The van der Waals surface area contributed by atoms with Crippen LogP contribution in [0.15, 0.2) is 78.9 Å². The Hall–Kier alpha value is -2.38. The lowest BCUT2D eigenvalue weighted by atomic mass is 9.95. The van der Waals surface area contributed by atoms with Crippen LogP contribution in [0.1, 0.15) is 27.8 Å². The van der Waals surface area contributed by atoms with Crippen LogP contribution in [0, 0.1) is 0 Å². The third kappa shape index (κ3) is 3.63. The highest BCUT2D eigenvalue weighted by molar-refractivity contribution is 5.38. The lowest BCUT2D eigenvalue weighted by Gasteiger charge is -2.11. The summed E-state index contributed by atoms with van der Waals surface area (Å²) < 4.78 is 0. The minimum absolute atomic E-state index is 0.591. The summed E-state index contributed by atoms with van der Waals surface area (Å²) in [6, 6.07) is 27.8. The molecule has 0 aliphatic carbocycles. The van der Waals surface area contributed by atoms with Gasteiger partial charge in [-0.1, -0.05) is 78.9 Å². The normalized spacial score (nSPS) is 10.6. The Morgan fingerprint density at radius 3 is 1.73 bits per heavy atom. The van der Waals surface area contributed by atoms with Gasteiger partial charge in [-0.05, 0) is 40.7 Å². The molecule has 0 aliphatic heterocycles. The maximum atomic E-state index is 5.91. The molecule has 110 valence electrons. The Kier molecular flexibility index (Phi) is 4.67. The molecule has 0 unspecified atom stereocenters. The molecule has 0 radical (unpaired) electrons. The smallest absolute Gasteiger partial charge is 0.0180 e. The van der Waals surface area contributed by atoms with Gasteiger partial charge in [0.15, 0.2) is 0 Å². The monoisotopic (exact) mass is 287 g/mol. The van der Waals surface area contributed by atoms with E-state index in [2.05, 4.69) is 78.9 Å². The van der Waals surface area contributed by atoms with Crippen molar-refractivity contribution in [2.75, 3.05) is 0 Å². The third-order valence-corrected chi connectivity index (χ3v) is 3.98. The summed E-state index contributed by atoms with van der Waals surface area (Å²) in [4.78, 5) is 0. The van der Waals surface area contributed by atoms with Gasteiger partial charge in [-0.2, -0.15) is 0 Å². The summed E-state index contributed by atoms with van der Waals surface area (Å²) in [7, 11) is 0. The first-order valence-corrected chi connectivity index (χ1v) is 7.74. The van der Waals surface area contributed by atoms with E-state index >= 15 is 0 Å². The SMILES string of the molecule is NCc1ccc(Cc2ccccc2)cc1Cc1ccccc1. The van der Waals surface area contributed by atoms with Crippen LogP contribution in [0.3, 0.4) is 0 Å². The number of hydrogen-bond acceptors (Lipinski definition) is 1. The Bertz CT molecular complexity index is 717. The molecule has 3 rings (SSSR count). The van der Waals surface area contributed by atoms with Gasteiger partial charge >= 0.3 is 0 Å². The van der Waals surface area contributed by atoms with Gasteiger partial charge in [-0.15, -0.1) is 0 Å². The molecule has 1 nitrogen and oxygen atoms in total. The minimum atomic E-state index is 0.591. The molecular formula is C21H21N. The predicted octanol–water partition coefficient (Wildman–Crippen LogP) is 4.33. The van der Waals surface area contributed by atoms with E-state index in [1.54, 1.807) is 0 Å². The summed E-state index contributed by atoms with van der Waals surface area (Å²) in [5.41, 5.74) is 12.5. The lowest BCUT2D eigenvalue weighted by molar-refractivity contribution is 1.01. The Morgan fingerprint density at radius 2 is 1.14 bits per heavy atom. The molecule has 0 spiro atoms. The molecule has 2 N–H and O–H groups in total. The lowest BCUT2D eigenvalue weighted by Crippen LogP contribution is -2.03. The predicted molar refractivity (Wildman–Crippen MR) is 92.8 cm³/mol. The first kappa shape index (κ1) is 14.6. The van der Waals surface area contributed by atoms with Crippen LogP contribution in [-0.4, -0.2) is 0 Å². The van der Waals surface area contributed by atoms with E-state index in [0.29, 0.717) is 6.54 Å². The molecule has 0 amide bonds. The van der Waals surface area contributed by atoms with Gasteiger partial charge in [0.2, 0.25) is 0 Å². The van der Waals surface area contributed by atoms with Crippen LogP contribution in [-0.2, 0) is 19.4 Å². The largest absolute Gasteiger partial charge is 0.326 e. The van der Waals surface area contributed by atoms with E-state index in [1.165, 1.54) is 27.8 Å². The van der Waals surface area contributed by atoms with Gasteiger partial charge < -0.3 is 5.73 Å². The molecular weight excluding hydrogens is 266 g/mol. The molecule has 1 heteroatoms. The second kappa shape index (κ2) is 7.06. The number of hydrogen-bond donors (Lipinski definition) is 1. The molecule has 0 aliphatic rings. The zero-order valence-corrected chi connectivity index (χ0v) is 12.7. The highest BCUT2D eigenvalue weighted by Crippen LogP contribution is 2.18.